The third-order valence-electron chi connectivity index (χ3n) is 3.46. The highest BCUT2D eigenvalue weighted by atomic mass is 16.3. The molecule has 0 fully saturated rings. The normalized spacial score (nSPS) is 13.3. The minimum Gasteiger partial charge on any atom is -0.393 e. The summed E-state index contributed by atoms with van der Waals surface area (Å²) in [6.07, 6.45) is 2.05. The van der Waals surface area contributed by atoms with E-state index in [-0.39, 0.29) is 24.0 Å². The molecule has 0 aliphatic heterocycles. The van der Waals surface area contributed by atoms with Gasteiger partial charge in [-0.25, -0.2) is 0 Å². The van der Waals surface area contributed by atoms with E-state index < -0.39 is 0 Å². The number of hydrogen-bond donors (Lipinski definition) is 2. The molecule has 2 N–H and O–H groups in total. The highest BCUT2D eigenvalue weighted by Crippen LogP contribution is 2.21. The number of aliphatic hydroxyl groups is 1. The molecule has 0 spiro atoms. The molecular formula is C16H23N3O2. The predicted molar refractivity (Wildman–Crippen MR) is 82.8 cm³/mol. The van der Waals surface area contributed by atoms with Crippen molar-refractivity contribution in [2.24, 2.45) is 5.41 Å². The van der Waals surface area contributed by atoms with E-state index in [1.807, 2.05) is 38.1 Å². The molecule has 5 heteroatoms. The number of aliphatic hydroxyl groups excluding tert-OH is 1. The standard InChI is InChI=1S/C16H23N3O2/c1-12(20)8-16(2,3)11-17-15(21)10-19-14-7-5-4-6-13(14)9-18-19/h4-7,9,12,20H,8,10-11H2,1-3H3,(H,17,21). The Labute approximate surface area is 125 Å². The minimum atomic E-state index is -0.369. The molecule has 2 aromatic rings. The fourth-order valence-electron chi connectivity index (χ4n) is 2.55. The second-order valence-corrected chi connectivity index (χ2v) is 6.36. The molecule has 1 unspecified atom stereocenters. The molecule has 114 valence electrons. The van der Waals surface area contributed by atoms with E-state index >= 15 is 0 Å². The first-order valence-electron chi connectivity index (χ1n) is 7.23. The number of carbonyl (C=O) groups excluding carboxylic acids is 1. The van der Waals surface area contributed by atoms with Crippen LogP contribution in [0.2, 0.25) is 0 Å². The van der Waals surface area contributed by atoms with Crippen LogP contribution in [0.1, 0.15) is 27.2 Å². The van der Waals surface area contributed by atoms with E-state index in [0.29, 0.717) is 13.0 Å². The Hall–Kier alpha value is -1.88. The number of rotatable bonds is 6. The van der Waals surface area contributed by atoms with Crippen molar-refractivity contribution in [2.75, 3.05) is 6.54 Å². The van der Waals surface area contributed by atoms with Crippen LogP contribution in [0.15, 0.2) is 30.5 Å². The van der Waals surface area contributed by atoms with Crippen molar-refractivity contribution < 1.29 is 9.90 Å². The van der Waals surface area contributed by atoms with Crippen LogP contribution in [-0.4, -0.2) is 33.4 Å². The van der Waals surface area contributed by atoms with Gasteiger partial charge in [-0.1, -0.05) is 32.0 Å². The van der Waals surface area contributed by atoms with Crippen LogP contribution in [0.4, 0.5) is 0 Å². The van der Waals surface area contributed by atoms with Crippen molar-refractivity contribution in [3.8, 4) is 0 Å². The number of nitrogens with one attached hydrogen (secondary N) is 1. The summed E-state index contributed by atoms with van der Waals surface area (Å²) in [6.45, 7) is 6.57. The molecule has 0 aliphatic carbocycles. The van der Waals surface area contributed by atoms with Gasteiger partial charge >= 0.3 is 0 Å². The lowest BCUT2D eigenvalue weighted by atomic mass is 9.87. The van der Waals surface area contributed by atoms with Gasteiger partial charge < -0.3 is 10.4 Å². The van der Waals surface area contributed by atoms with Crippen LogP contribution >= 0.6 is 0 Å². The fraction of sp³-hybridized carbons (Fsp3) is 0.500. The third-order valence-corrected chi connectivity index (χ3v) is 3.46. The van der Waals surface area contributed by atoms with Crippen molar-refractivity contribution in [3.05, 3.63) is 30.5 Å². The number of benzene rings is 1. The molecule has 1 aromatic heterocycles. The van der Waals surface area contributed by atoms with E-state index in [9.17, 15) is 9.90 Å². The summed E-state index contributed by atoms with van der Waals surface area (Å²) in [6, 6.07) is 7.81. The first-order chi connectivity index (χ1) is 9.87. The minimum absolute atomic E-state index is 0.0671. The van der Waals surface area contributed by atoms with E-state index in [4.69, 9.17) is 0 Å². The monoisotopic (exact) mass is 289 g/mol. The summed E-state index contributed by atoms with van der Waals surface area (Å²) >= 11 is 0. The van der Waals surface area contributed by atoms with Crippen molar-refractivity contribution >= 4 is 16.8 Å². The summed E-state index contributed by atoms with van der Waals surface area (Å²) in [5, 5.41) is 17.6. The highest BCUT2D eigenvalue weighted by Gasteiger charge is 2.21. The zero-order valence-electron chi connectivity index (χ0n) is 12.8. The van der Waals surface area contributed by atoms with Crippen LogP contribution in [0.5, 0.6) is 0 Å². The van der Waals surface area contributed by atoms with E-state index in [1.165, 1.54) is 0 Å². The highest BCUT2D eigenvalue weighted by molar-refractivity contribution is 5.81. The largest absolute Gasteiger partial charge is 0.393 e. The molecule has 0 saturated carbocycles. The number of carbonyl (C=O) groups is 1. The molecular weight excluding hydrogens is 266 g/mol. The third kappa shape index (κ3) is 4.29. The maximum atomic E-state index is 12.1. The lowest BCUT2D eigenvalue weighted by Crippen LogP contribution is -2.37. The van der Waals surface area contributed by atoms with Gasteiger partial charge in [0.15, 0.2) is 0 Å². The Bertz CT molecular complexity index is 617. The molecule has 1 aromatic carbocycles. The molecule has 5 nitrogen and oxygen atoms in total. The lowest BCUT2D eigenvalue weighted by molar-refractivity contribution is -0.122. The van der Waals surface area contributed by atoms with E-state index in [0.717, 1.165) is 10.9 Å². The van der Waals surface area contributed by atoms with Gasteiger partial charge in [0.25, 0.3) is 0 Å². The summed E-state index contributed by atoms with van der Waals surface area (Å²) in [7, 11) is 0. The fourth-order valence-corrected chi connectivity index (χ4v) is 2.55. The van der Waals surface area contributed by atoms with Crippen LogP contribution in [0, 0.1) is 5.41 Å². The molecule has 0 radical (unpaired) electrons. The van der Waals surface area contributed by atoms with Gasteiger partial charge in [0.05, 0.1) is 17.8 Å². The molecule has 0 bridgehead atoms. The molecule has 21 heavy (non-hydrogen) atoms. The Morgan fingerprint density at radius 1 is 1.43 bits per heavy atom. The molecule has 0 saturated heterocycles. The number of amides is 1. The SMILES string of the molecule is CC(O)CC(C)(C)CNC(=O)Cn1ncc2ccccc21. The first-order valence-corrected chi connectivity index (χ1v) is 7.23. The van der Waals surface area contributed by atoms with Crippen molar-refractivity contribution in [1.29, 1.82) is 0 Å². The van der Waals surface area contributed by atoms with Crippen molar-refractivity contribution in [1.82, 2.24) is 15.1 Å². The van der Waals surface area contributed by atoms with Crippen LogP contribution in [0.3, 0.4) is 0 Å². The maximum Gasteiger partial charge on any atom is 0.241 e. The molecule has 1 atom stereocenters. The van der Waals surface area contributed by atoms with Gasteiger partial charge in [0.1, 0.15) is 6.54 Å². The smallest absolute Gasteiger partial charge is 0.241 e. The molecule has 0 aliphatic rings. The van der Waals surface area contributed by atoms with Crippen molar-refractivity contribution in [2.45, 2.75) is 39.8 Å². The second kappa shape index (κ2) is 6.26. The van der Waals surface area contributed by atoms with Gasteiger partial charge in [0.2, 0.25) is 5.91 Å². The van der Waals surface area contributed by atoms with Gasteiger partial charge in [-0.2, -0.15) is 5.10 Å². The zero-order valence-corrected chi connectivity index (χ0v) is 12.8. The zero-order chi connectivity index (χ0) is 15.5. The topological polar surface area (TPSA) is 67.2 Å². The summed E-state index contributed by atoms with van der Waals surface area (Å²) < 4.78 is 1.70. The average Bonchev–Trinajstić information content (AvgIpc) is 2.79. The second-order valence-electron chi connectivity index (χ2n) is 6.36. The lowest BCUT2D eigenvalue weighted by Gasteiger charge is -2.26. The molecule has 2 rings (SSSR count). The van der Waals surface area contributed by atoms with Crippen molar-refractivity contribution in [3.63, 3.8) is 0 Å². The van der Waals surface area contributed by atoms with E-state index in [1.54, 1.807) is 17.8 Å². The summed E-state index contributed by atoms with van der Waals surface area (Å²) in [4.78, 5) is 12.1. The first kappa shape index (κ1) is 15.5. The number of hydrogen-bond acceptors (Lipinski definition) is 3. The summed E-state index contributed by atoms with van der Waals surface area (Å²) in [5.41, 5.74) is 0.826. The summed E-state index contributed by atoms with van der Waals surface area (Å²) in [5.74, 6) is -0.0671. The Balaban J connectivity index is 1.93. The van der Waals surface area contributed by atoms with Gasteiger partial charge in [0, 0.05) is 11.9 Å². The van der Waals surface area contributed by atoms with Crippen LogP contribution in [0.25, 0.3) is 10.9 Å². The quantitative estimate of drug-likeness (QED) is 0.854. The number of nitrogens with zero attached hydrogens (tertiary/aromatic N) is 2. The number of aromatic nitrogens is 2. The van der Waals surface area contributed by atoms with Crippen LogP contribution < -0.4 is 5.32 Å². The Kier molecular flexibility index (Phi) is 4.63. The maximum absolute atomic E-state index is 12.1. The van der Waals surface area contributed by atoms with Gasteiger partial charge in [-0.05, 0) is 24.8 Å². The van der Waals surface area contributed by atoms with Gasteiger partial charge in [-0.3, -0.25) is 9.48 Å². The van der Waals surface area contributed by atoms with E-state index in [2.05, 4.69) is 10.4 Å². The predicted octanol–water partition coefficient (Wildman–Crippen LogP) is 1.95. The van der Waals surface area contributed by atoms with Crippen LogP contribution in [-0.2, 0) is 11.3 Å². The Morgan fingerprint density at radius 3 is 2.86 bits per heavy atom. The molecule has 1 heterocycles. The number of fused-ring (bicyclic) bond motifs is 1. The number of para-hydroxylation sites is 1. The Morgan fingerprint density at radius 2 is 2.14 bits per heavy atom. The van der Waals surface area contributed by atoms with Gasteiger partial charge in [-0.15, -0.1) is 0 Å². The molecule has 1 amide bonds. The average molecular weight is 289 g/mol.